The molecule has 9 heteroatoms. The number of rotatable bonds is 4. The van der Waals surface area contributed by atoms with Gasteiger partial charge in [0, 0.05) is 17.6 Å². The van der Waals surface area contributed by atoms with Crippen LogP contribution in [0.3, 0.4) is 0 Å². The molecule has 1 fully saturated rings. The number of benzene rings is 1. The lowest BCUT2D eigenvalue weighted by molar-refractivity contribution is -0.207. The van der Waals surface area contributed by atoms with Crippen LogP contribution in [0.4, 0.5) is 26.3 Å². The molecule has 1 unspecified atom stereocenters. The lowest BCUT2D eigenvalue weighted by Crippen LogP contribution is -2.35. The Bertz CT molecular complexity index is 695. The first-order valence-corrected chi connectivity index (χ1v) is 8.53. The van der Waals surface area contributed by atoms with Crippen LogP contribution in [0.15, 0.2) is 29.8 Å². The Balaban J connectivity index is 1.66. The molecule has 27 heavy (non-hydrogen) atoms. The molecule has 1 aromatic carbocycles. The lowest BCUT2D eigenvalue weighted by Gasteiger charge is -2.33. The molecular weight excluding hydrogens is 378 g/mol. The number of hydrogen-bond donors (Lipinski definition) is 0. The maximum absolute atomic E-state index is 14.3. The van der Waals surface area contributed by atoms with Crippen molar-refractivity contribution < 1.29 is 40.6 Å². The van der Waals surface area contributed by atoms with Gasteiger partial charge in [-0.2, -0.15) is 22.0 Å². The minimum Gasteiger partial charge on any atom is -0.429 e. The molecule has 1 aliphatic carbocycles. The molecule has 0 amide bonds. The first kappa shape index (κ1) is 20.0. The van der Waals surface area contributed by atoms with E-state index in [9.17, 15) is 26.3 Å². The Morgan fingerprint density at radius 3 is 2.30 bits per heavy atom. The summed E-state index contributed by atoms with van der Waals surface area (Å²) in [6, 6.07) is 1.37. The van der Waals surface area contributed by atoms with Crippen LogP contribution in [0.25, 0.3) is 0 Å². The predicted octanol–water partition coefficient (Wildman–Crippen LogP) is 5.31. The Kier molecular flexibility index (Phi) is 5.71. The van der Waals surface area contributed by atoms with Crippen molar-refractivity contribution in [2.75, 3.05) is 13.2 Å². The third kappa shape index (κ3) is 4.76. The topological polar surface area (TPSA) is 27.7 Å². The highest BCUT2D eigenvalue weighted by molar-refractivity contribution is 5.31. The highest BCUT2D eigenvalue weighted by Crippen LogP contribution is 2.39. The Morgan fingerprint density at radius 2 is 1.74 bits per heavy atom. The van der Waals surface area contributed by atoms with E-state index >= 15 is 0 Å². The van der Waals surface area contributed by atoms with E-state index in [1.165, 1.54) is 6.08 Å². The molecule has 0 N–H and O–H groups in total. The number of halogens is 6. The van der Waals surface area contributed by atoms with E-state index in [2.05, 4.69) is 4.74 Å². The molecular formula is C18H18F6O3. The highest BCUT2D eigenvalue weighted by atomic mass is 19.4. The van der Waals surface area contributed by atoms with Crippen molar-refractivity contribution in [1.29, 1.82) is 0 Å². The van der Waals surface area contributed by atoms with Crippen LogP contribution < -0.4 is 4.74 Å². The highest BCUT2D eigenvalue weighted by Gasteiger charge is 2.41. The molecule has 1 atom stereocenters. The first-order valence-electron chi connectivity index (χ1n) is 8.53. The van der Waals surface area contributed by atoms with E-state index < -0.39 is 35.7 Å². The Morgan fingerprint density at radius 1 is 1.04 bits per heavy atom. The van der Waals surface area contributed by atoms with Crippen LogP contribution in [-0.2, 0) is 15.7 Å². The van der Waals surface area contributed by atoms with E-state index in [0.29, 0.717) is 44.3 Å². The summed E-state index contributed by atoms with van der Waals surface area (Å²) in [5.74, 6) is -2.39. The smallest absolute Gasteiger partial charge is 0.422 e. The number of hydrogen-bond acceptors (Lipinski definition) is 3. The SMILES string of the molecule is Fc1cc(OC(F)(F)C2=CCC(C3OCCCO3)CC2)ccc1C(F)(F)F. The summed E-state index contributed by atoms with van der Waals surface area (Å²) < 4.78 is 95.3. The van der Waals surface area contributed by atoms with E-state index in [-0.39, 0.29) is 17.9 Å². The van der Waals surface area contributed by atoms with Gasteiger partial charge in [-0.3, -0.25) is 0 Å². The first-order chi connectivity index (χ1) is 12.7. The largest absolute Gasteiger partial charge is 0.429 e. The van der Waals surface area contributed by atoms with Crippen molar-refractivity contribution in [2.24, 2.45) is 5.92 Å². The van der Waals surface area contributed by atoms with E-state index in [4.69, 9.17) is 9.47 Å². The van der Waals surface area contributed by atoms with Crippen LogP contribution in [0, 0.1) is 11.7 Å². The van der Waals surface area contributed by atoms with E-state index in [0.717, 1.165) is 6.42 Å². The second kappa shape index (κ2) is 7.71. The van der Waals surface area contributed by atoms with Crippen molar-refractivity contribution in [2.45, 2.75) is 44.3 Å². The Hall–Kier alpha value is -1.74. The van der Waals surface area contributed by atoms with E-state index in [1.807, 2.05) is 0 Å². The van der Waals surface area contributed by atoms with Gasteiger partial charge < -0.3 is 14.2 Å². The monoisotopic (exact) mass is 396 g/mol. The van der Waals surface area contributed by atoms with Gasteiger partial charge in [0.1, 0.15) is 11.6 Å². The molecule has 150 valence electrons. The molecule has 3 nitrogen and oxygen atoms in total. The van der Waals surface area contributed by atoms with Gasteiger partial charge in [0.2, 0.25) is 0 Å². The van der Waals surface area contributed by atoms with Crippen LogP contribution in [0.5, 0.6) is 5.75 Å². The number of allylic oxidation sites excluding steroid dienone is 1. The maximum Gasteiger partial charge on any atom is 0.422 e. The quantitative estimate of drug-likeness (QED) is 0.510. The zero-order chi connectivity index (χ0) is 19.7. The summed E-state index contributed by atoms with van der Waals surface area (Å²) in [4.78, 5) is 0. The van der Waals surface area contributed by atoms with Crippen LogP contribution >= 0.6 is 0 Å². The van der Waals surface area contributed by atoms with Gasteiger partial charge in [-0.25, -0.2) is 4.39 Å². The summed E-state index contributed by atoms with van der Waals surface area (Å²) in [5, 5.41) is 0. The molecule has 2 aliphatic rings. The molecule has 0 bridgehead atoms. The third-order valence-electron chi connectivity index (χ3n) is 4.56. The standard InChI is InChI=1S/C18H18F6O3/c19-15-10-13(6-7-14(15)17(20,21)22)27-18(23,24)12-4-2-11(3-5-12)16-25-8-1-9-26-16/h4,6-7,10-11,16H,1-3,5,8-9H2. The minimum absolute atomic E-state index is 0.0179. The maximum atomic E-state index is 14.3. The van der Waals surface area contributed by atoms with Crippen LogP contribution in [0.1, 0.15) is 31.2 Å². The Labute approximate surface area is 151 Å². The molecule has 0 saturated carbocycles. The lowest BCUT2D eigenvalue weighted by atomic mass is 9.88. The molecule has 1 saturated heterocycles. The molecule has 0 radical (unpaired) electrons. The van der Waals surface area contributed by atoms with Crippen molar-refractivity contribution in [1.82, 2.24) is 0 Å². The second-order valence-corrected chi connectivity index (χ2v) is 6.49. The summed E-state index contributed by atoms with van der Waals surface area (Å²) in [6.07, 6.45) is -6.23. The molecule has 3 rings (SSSR count). The fourth-order valence-corrected chi connectivity index (χ4v) is 3.15. The van der Waals surface area contributed by atoms with Gasteiger partial charge in [0.05, 0.1) is 18.8 Å². The van der Waals surface area contributed by atoms with Crippen molar-refractivity contribution in [3.05, 3.63) is 41.2 Å². The normalized spacial score (nSPS) is 22.4. The number of ether oxygens (including phenoxy) is 3. The fourth-order valence-electron chi connectivity index (χ4n) is 3.15. The van der Waals surface area contributed by atoms with Gasteiger partial charge in [-0.15, -0.1) is 0 Å². The average molecular weight is 396 g/mol. The van der Waals surface area contributed by atoms with Crippen molar-refractivity contribution in [3.63, 3.8) is 0 Å². The zero-order valence-corrected chi connectivity index (χ0v) is 14.2. The van der Waals surface area contributed by atoms with Gasteiger partial charge in [0.25, 0.3) is 0 Å². The zero-order valence-electron chi connectivity index (χ0n) is 14.2. The van der Waals surface area contributed by atoms with Crippen LogP contribution in [-0.4, -0.2) is 25.6 Å². The van der Waals surface area contributed by atoms with Gasteiger partial charge in [0.15, 0.2) is 6.29 Å². The number of alkyl halides is 5. The predicted molar refractivity (Wildman–Crippen MR) is 82.7 cm³/mol. The van der Waals surface area contributed by atoms with Gasteiger partial charge in [-0.05, 0) is 37.8 Å². The van der Waals surface area contributed by atoms with Crippen LogP contribution in [0.2, 0.25) is 0 Å². The van der Waals surface area contributed by atoms with Gasteiger partial charge in [-0.1, -0.05) is 6.08 Å². The molecule has 1 aromatic rings. The summed E-state index contributed by atoms with van der Waals surface area (Å²) in [6.45, 7) is 1.13. The second-order valence-electron chi connectivity index (χ2n) is 6.49. The van der Waals surface area contributed by atoms with E-state index in [1.54, 1.807) is 0 Å². The van der Waals surface area contributed by atoms with Crippen molar-refractivity contribution >= 4 is 0 Å². The fraction of sp³-hybridized carbons (Fsp3) is 0.556. The summed E-state index contributed by atoms with van der Waals surface area (Å²) in [5.41, 5.74) is -1.83. The molecule has 0 spiro atoms. The molecule has 0 aromatic heterocycles. The molecule has 1 aliphatic heterocycles. The van der Waals surface area contributed by atoms with Gasteiger partial charge >= 0.3 is 12.3 Å². The third-order valence-corrected chi connectivity index (χ3v) is 4.56. The average Bonchev–Trinajstić information content (AvgIpc) is 2.61. The summed E-state index contributed by atoms with van der Waals surface area (Å²) >= 11 is 0. The van der Waals surface area contributed by atoms with Crippen molar-refractivity contribution in [3.8, 4) is 5.75 Å². The molecule has 1 heterocycles. The minimum atomic E-state index is -4.91. The summed E-state index contributed by atoms with van der Waals surface area (Å²) in [7, 11) is 0.